The third-order valence-corrected chi connectivity index (χ3v) is 5.19. The number of hydrogen-bond donors (Lipinski definition) is 1. The summed E-state index contributed by atoms with van der Waals surface area (Å²) in [5.41, 5.74) is 1.71. The zero-order chi connectivity index (χ0) is 16.8. The molecule has 1 aliphatic rings. The van der Waals surface area contributed by atoms with Crippen LogP contribution in [0.4, 0.5) is 0 Å². The quantitative estimate of drug-likeness (QED) is 0.895. The average Bonchev–Trinajstić information content (AvgIpc) is 2.54. The highest BCUT2D eigenvalue weighted by Crippen LogP contribution is 2.38. The van der Waals surface area contributed by atoms with E-state index >= 15 is 0 Å². The fraction of sp³-hybridized carbons (Fsp3) is 0.600. The van der Waals surface area contributed by atoms with Crippen LogP contribution in [0, 0.1) is 35.0 Å². The van der Waals surface area contributed by atoms with Crippen molar-refractivity contribution in [3.05, 3.63) is 35.4 Å². The lowest BCUT2D eigenvalue weighted by Gasteiger charge is -2.36. The summed E-state index contributed by atoms with van der Waals surface area (Å²) in [6, 6.07) is 9.82. The molecular formula is C20H28N2O. The summed E-state index contributed by atoms with van der Waals surface area (Å²) >= 11 is 0. The Morgan fingerprint density at radius 1 is 1.35 bits per heavy atom. The lowest BCUT2D eigenvalue weighted by atomic mass is 9.70. The Balaban J connectivity index is 1.92. The highest BCUT2D eigenvalue weighted by Gasteiger charge is 2.35. The molecule has 1 amide bonds. The summed E-state index contributed by atoms with van der Waals surface area (Å²) in [4.78, 5) is 12.6. The minimum atomic E-state index is 0.143. The van der Waals surface area contributed by atoms with E-state index in [2.05, 4.69) is 32.2 Å². The average molecular weight is 312 g/mol. The molecule has 0 heterocycles. The van der Waals surface area contributed by atoms with Gasteiger partial charge in [0.05, 0.1) is 11.6 Å². The first-order valence-electron chi connectivity index (χ1n) is 8.78. The van der Waals surface area contributed by atoms with E-state index in [0.717, 1.165) is 18.4 Å². The first-order chi connectivity index (χ1) is 11.0. The molecule has 0 radical (unpaired) electrons. The molecule has 3 heteroatoms. The minimum Gasteiger partial charge on any atom is -0.356 e. The molecular weight excluding hydrogens is 284 g/mol. The van der Waals surface area contributed by atoms with E-state index in [1.54, 1.807) is 0 Å². The van der Waals surface area contributed by atoms with Crippen molar-refractivity contribution in [1.82, 2.24) is 5.32 Å². The molecule has 1 saturated carbocycles. The van der Waals surface area contributed by atoms with Gasteiger partial charge in [0.15, 0.2) is 0 Å². The van der Waals surface area contributed by atoms with Crippen molar-refractivity contribution >= 4 is 5.91 Å². The van der Waals surface area contributed by atoms with Crippen LogP contribution in [-0.2, 0) is 11.2 Å². The number of amides is 1. The Labute approximate surface area is 140 Å². The molecule has 0 aliphatic heterocycles. The van der Waals surface area contributed by atoms with Gasteiger partial charge in [-0.2, -0.15) is 5.26 Å². The minimum absolute atomic E-state index is 0.143. The van der Waals surface area contributed by atoms with Gasteiger partial charge in [0.2, 0.25) is 5.91 Å². The molecule has 0 aromatic heterocycles. The monoisotopic (exact) mass is 312 g/mol. The summed E-state index contributed by atoms with van der Waals surface area (Å²) in [5.74, 6) is 2.03. The second-order valence-corrected chi connectivity index (χ2v) is 7.24. The largest absolute Gasteiger partial charge is 0.356 e. The molecule has 3 nitrogen and oxygen atoms in total. The maximum Gasteiger partial charge on any atom is 0.223 e. The van der Waals surface area contributed by atoms with Gasteiger partial charge in [-0.3, -0.25) is 4.79 Å². The molecule has 1 fully saturated rings. The molecule has 1 aromatic carbocycles. The number of nitriles is 1. The van der Waals surface area contributed by atoms with Crippen LogP contribution < -0.4 is 5.32 Å². The highest BCUT2D eigenvalue weighted by atomic mass is 16.1. The van der Waals surface area contributed by atoms with Crippen LogP contribution in [-0.4, -0.2) is 12.5 Å². The number of nitrogens with one attached hydrogen (secondary N) is 1. The zero-order valence-electron chi connectivity index (χ0n) is 14.5. The SMILES string of the molecule is CC1CCC(C(C)C)C(C(=O)NCCc2ccccc2C#N)C1. The second kappa shape index (κ2) is 8.15. The number of carbonyl (C=O) groups is 1. The first kappa shape index (κ1) is 17.5. The van der Waals surface area contributed by atoms with Gasteiger partial charge in [0, 0.05) is 12.5 Å². The maximum atomic E-state index is 12.6. The van der Waals surface area contributed by atoms with Gasteiger partial charge in [0.1, 0.15) is 0 Å². The molecule has 0 spiro atoms. The Bertz CT molecular complexity index is 573. The Morgan fingerprint density at radius 2 is 2.09 bits per heavy atom. The normalized spacial score (nSPS) is 24.2. The van der Waals surface area contributed by atoms with E-state index in [-0.39, 0.29) is 11.8 Å². The number of carbonyl (C=O) groups excluding carboxylic acids is 1. The van der Waals surface area contributed by atoms with Crippen LogP contribution in [0.3, 0.4) is 0 Å². The third-order valence-electron chi connectivity index (χ3n) is 5.19. The molecule has 2 rings (SSSR count). The van der Waals surface area contributed by atoms with Crippen molar-refractivity contribution < 1.29 is 4.79 Å². The van der Waals surface area contributed by atoms with Crippen molar-refractivity contribution in [2.45, 2.75) is 46.5 Å². The first-order valence-corrected chi connectivity index (χ1v) is 8.78. The van der Waals surface area contributed by atoms with Crippen molar-refractivity contribution in [3.8, 4) is 6.07 Å². The predicted octanol–water partition coefficient (Wildman–Crippen LogP) is 3.93. The lowest BCUT2D eigenvalue weighted by Crippen LogP contribution is -2.40. The Morgan fingerprint density at radius 3 is 2.78 bits per heavy atom. The summed E-state index contributed by atoms with van der Waals surface area (Å²) in [6.07, 6.45) is 4.11. The van der Waals surface area contributed by atoms with Crippen molar-refractivity contribution in [2.75, 3.05) is 6.54 Å². The summed E-state index contributed by atoms with van der Waals surface area (Å²) in [6.45, 7) is 7.31. The topological polar surface area (TPSA) is 52.9 Å². The van der Waals surface area contributed by atoms with Crippen molar-refractivity contribution in [1.29, 1.82) is 5.26 Å². The van der Waals surface area contributed by atoms with Crippen molar-refractivity contribution in [3.63, 3.8) is 0 Å². The molecule has 0 bridgehead atoms. The van der Waals surface area contributed by atoms with Gasteiger partial charge in [-0.05, 0) is 48.6 Å². The summed E-state index contributed by atoms with van der Waals surface area (Å²) in [5, 5.41) is 12.2. The van der Waals surface area contributed by atoms with Gasteiger partial charge in [0.25, 0.3) is 0 Å². The van der Waals surface area contributed by atoms with E-state index in [4.69, 9.17) is 5.26 Å². The van der Waals surface area contributed by atoms with Crippen LogP contribution in [0.5, 0.6) is 0 Å². The van der Waals surface area contributed by atoms with Crippen LogP contribution in [0.1, 0.15) is 51.2 Å². The fourth-order valence-electron chi connectivity index (χ4n) is 3.80. The number of rotatable bonds is 5. The number of benzene rings is 1. The van der Waals surface area contributed by atoms with E-state index in [1.807, 2.05) is 24.3 Å². The van der Waals surface area contributed by atoms with E-state index < -0.39 is 0 Å². The maximum absolute atomic E-state index is 12.6. The second-order valence-electron chi connectivity index (χ2n) is 7.24. The summed E-state index contributed by atoms with van der Waals surface area (Å²) in [7, 11) is 0. The Hall–Kier alpha value is -1.82. The van der Waals surface area contributed by atoms with Crippen LogP contribution in [0.15, 0.2) is 24.3 Å². The van der Waals surface area contributed by atoms with Gasteiger partial charge in [-0.1, -0.05) is 45.4 Å². The smallest absolute Gasteiger partial charge is 0.223 e. The van der Waals surface area contributed by atoms with Gasteiger partial charge >= 0.3 is 0 Å². The molecule has 23 heavy (non-hydrogen) atoms. The van der Waals surface area contributed by atoms with Gasteiger partial charge in [-0.25, -0.2) is 0 Å². The number of nitrogens with zero attached hydrogens (tertiary/aromatic N) is 1. The molecule has 3 atom stereocenters. The van der Waals surface area contributed by atoms with E-state index in [1.165, 1.54) is 6.42 Å². The predicted molar refractivity (Wildman–Crippen MR) is 92.7 cm³/mol. The number of hydrogen-bond acceptors (Lipinski definition) is 2. The molecule has 1 aromatic rings. The van der Waals surface area contributed by atoms with Crippen LogP contribution in [0.25, 0.3) is 0 Å². The molecule has 1 N–H and O–H groups in total. The Kier molecular flexibility index (Phi) is 6.21. The van der Waals surface area contributed by atoms with Crippen molar-refractivity contribution in [2.24, 2.45) is 23.7 Å². The fourth-order valence-corrected chi connectivity index (χ4v) is 3.80. The zero-order valence-corrected chi connectivity index (χ0v) is 14.5. The molecule has 1 aliphatic carbocycles. The molecule has 3 unspecified atom stereocenters. The van der Waals surface area contributed by atoms with Crippen LogP contribution >= 0.6 is 0 Å². The van der Waals surface area contributed by atoms with E-state index in [0.29, 0.717) is 36.3 Å². The molecule has 0 saturated heterocycles. The van der Waals surface area contributed by atoms with Gasteiger partial charge < -0.3 is 5.32 Å². The molecule has 124 valence electrons. The summed E-state index contributed by atoms with van der Waals surface area (Å²) < 4.78 is 0. The van der Waals surface area contributed by atoms with Gasteiger partial charge in [-0.15, -0.1) is 0 Å². The highest BCUT2D eigenvalue weighted by molar-refractivity contribution is 5.79. The lowest BCUT2D eigenvalue weighted by molar-refractivity contribution is -0.129. The third kappa shape index (κ3) is 4.58. The standard InChI is InChI=1S/C20H28N2O/c1-14(2)18-9-8-15(3)12-19(18)20(23)22-11-10-16-6-4-5-7-17(16)13-21/h4-7,14-15,18-19H,8-12H2,1-3H3,(H,22,23). The van der Waals surface area contributed by atoms with E-state index in [9.17, 15) is 4.79 Å². The van der Waals surface area contributed by atoms with Crippen LogP contribution in [0.2, 0.25) is 0 Å².